The lowest BCUT2D eigenvalue weighted by atomic mass is 9.96. The number of rotatable bonds is 5. The SMILES string of the molecule is COC[C@H](C)NC(=O)c1cnn2c1N[C@@H](c1ccccc1)C[C@@H]2C(F)(F)F. The maximum atomic E-state index is 13.6. The number of hydrogen-bond donors (Lipinski definition) is 2. The zero-order valence-corrected chi connectivity index (χ0v) is 15.0. The molecule has 1 aromatic heterocycles. The van der Waals surface area contributed by atoms with E-state index < -0.39 is 24.2 Å². The van der Waals surface area contributed by atoms with Crippen molar-refractivity contribution in [1.29, 1.82) is 0 Å². The van der Waals surface area contributed by atoms with Crippen LogP contribution in [0.1, 0.15) is 41.3 Å². The molecule has 1 amide bonds. The molecule has 0 saturated carbocycles. The van der Waals surface area contributed by atoms with Gasteiger partial charge in [0.25, 0.3) is 5.91 Å². The van der Waals surface area contributed by atoms with Crippen molar-refractivity contribution in [2.75, 3.05) is 19.0 Å². The number of methoxy groups -OCH3 is 1. The van der Waals surface area contributed by atoms with Crippen LogP contribution in [-0.2, 0) is 4.74 Å². The average Bonchev–Trinajstić information content (AvgIpc) is 3.05. The summed E-state index contributed by atoms with van der Waals surface area (Å²) >= 11 is 0. The van der Waals surface area contributed by atoms with E-state index in [9.17, 15) is 18.0 Å². The molecule has 1 aliphatic heterocycles. The van der Waals surface area contributed by atoms with Crippen LogP contribution >= 0.6 is 0 Å². The lowest BCUT2D eigenvalue weighted by molar-refractivity contribution is -0.173. The van der Waals surface area contributed by atoms with Gasteiger partial charge in [-0.3, -0.25) is 4.79 Å². The van der Waals surface area contributed by atoms with E-state index in [1.165, 1.54) is 13.3 Å². The van der Waals surface area contributed by atoms with Crippen molar-refractivity contribution >= 4 is 11.7 Å². The van der Waals surface area contributed by atoms with Crippen molar-refractivity contribution in [3.8, 4) is 0 Å². The zero-order chi connectivity index (χ0) is 19.6. The maximum Gasteiger partial charge on any atom is 0.410 e. The van der Waals surface area contributed by atoms with Gasteiger partial charge >= 0.3 is 6.18 Å². The third kappa shape index (κ3) is 4.08. The molecule has 0 aliphatic carbocycles. The van der Waals surface area contributed by atoms with Crippen LogP contribution in [-0.4, -0.2) is 41.6 Å². The molecule has 0 spiro atoms. The fourth-order valence-corrected chi connectivity index (χ4v) is 3.23. The summed E-state index contributed by atoms with van der Waals surface area (Å²) in [6, 6.07) is 6.19. The molecule has 1 aliphatic rings. The summed E-state index contributed by atoms with van der Waals surface area (Å²) in [5.74, 6) is -0.428. The molecule has 0 fully saturated rings. The molecule has 146 valence electrons. The van der Waals surface area contributed by atoms with Gasteiger partial charge < -0.3 is 15.4 Å². The van der Waals surface area contributed by atoms with Gasteiger partial charge in [0.05, 0.1) is 18.8 Å². The van der Waals surface area contributed by atoms with Crippen LogP contribution in [0.4, 0.5) is 19.0 Å². The highest BCUT2D eigenvalue weighted by Gasteiger charge is 2.47. The van der Waals surface area contributed by atoms with Gasteiger partial charge in [-0.05, 0) is 12.5 Å². The lowest BCUT2D eigenvalue weighted by Gasteiger charge is -2.34. The Kier molecular flexibility index (Phi) is 5.41. The monoisotopic (exact) mass is 382 g/mol. The number of benzene rings is 1. The van der Waals surface area contributed by atoms with E-state index in [1.54, 1.807) is 37.3 Å². The number of hydrogen-bond acceptors (Lipinski definition) is 4. The molecule has 1 aromatic carbocycles. The van der Waals surface area contributed by atoms with Crippen LogP contribution in [0.25, 0.3) is 0 Å². The number of fused-ring (bicyclic) bond motifs is 1. The summed E-state index contributed by atoms with van der Waals surface area (Å²) in [6.45, 7) is 2.04. The molecular formula is C18H21F3N4O2. The largest absolute Gasteiger partial charge is 0.410 e. The minimum atomic E-state index is -4.48. The quantitative estimate of drug-likeness (QED) is 0.833. The summed E-state index contributed by atoms with van der Waals surface area (Å²) in [7, 11) is 1.50. The van der Waals surface area contributed by atoms with Gasteiger partial charge in [0.15, 0.2) is 6.04 Å². The fourth-order valence-electron chi connectivity index (χ4n) is 3.23. The van der Waals surface area contributed by atoms with Crippen LogP contribution in [0.3, 0.4) is 0 Å². The Hall–Kier alpha value is -2.55. The number of alkyl halides is 3. The molecule has 2 heterocycles. The number of carbonyl (C=O) groups is 1. The number of halogens is 3. The van der Waals surface area contributed by atoms with E-state index in [2.05, 4.69) is 15.7 Å². The van der Waals surface area contributed by atoms with Gasteiger partial charge in [0.2, 0.25) is 0 Å². The highest BCUT2D eigenvalue weighted by Crippen LogP contribution is 2.44. The normalized spacial score (nSPS) is 20.5. The van der Waals surface area contributed by atoms with Gasteiger partial charge in [0.1, 0.15) is 11.4 Å². The molecule has 9 heteroatoms. The molecule has 2 aromatic rings. The Morgan fingerprint density at radius 3 is 2.74 bits per heavy atom. The van der Waals surface area contributed by atoms with E-state index in [0.29, 0.717) is 6.61 Å². The Bertz CT molecular complexity index is 792. The van der Waals surface area contributed by atoms with Crippen LogP contribution in [0, 0.1) is 0 Å². The number of aromatic nitrogens is 2. The maximum absolute atomic E-state index is 13.6. The first kappa shape index (κ1) is 19.2. The number of amides is 1. The number of nitrogens with zero attached hydrogens (tertiary/aromatic N) is 2. The van der Waals surface area contributed by atoms with Gasteiger partial charge in [-0.2, -0.15) is 18.3 Å². The second kappa shape index (κ2) is 7.59. The standard InChI is InChI=1S/C18H21F3N4O2/c1-11(10-27-2)23-17(26)13-9-22-25-15(18(19,20)21)8-14(24-16(13)25)12-6-4-3-5-7-12/h3-7,9,11,14-15,24H,8,10H2,1-2H3,(H,23,26)/t11-,14+,15+/m0/s1. The number of carbonyl (C=O) groups excluding carboxylic acids is 1. The van der Waals surface area contributed by atoms with E-state index in [-0.39, 0.29) is 23.8 Å². The van der Waals surface area contributed by atoms with Crippen LogP contribution < -0.4 is 10.6 Å². The summed E-state index contributed by atoms with van der Waals surface area (Å²) in [5, 5.41) is 9.61. The predicted octanol–water partition coefficient (Wildman–Crippen LogP) is 3.31. The molecule has 3 rings (SSSR count). The van der Waals surface area contributed by atoms with Crippen molar-refractivity contribution in [2.45, 2.75) is 37.6 Å². The number of ether oxygens (including phenoxy) is 1. The first-order valence-electron chi connectivity index (χ1n) is 8.56. The minimum Gasteiger partial charge on any atom is -0.383 e. The molecule has 0 radical (unpaired) electrons. The summed E-state index contributed by atoms with van der Waals surface area (Å²) < 4.78 is 46.7. The second-order valence-corrected chi connectivity index (χ2v) is 6.58. The average molecular weight is 382 g/mol. The van der Waals surface area contributed by atoms with Crippen LogP contribution in [0.15, 0.2) is 36.5 Å². The Morgan fingerprint density at radius 2 is 2.11 bits per heavy atom. The minimum absolute atomic E-state index is 0.0690. The van der Waals surface area contributed by atoms with Gasteiger partial charge in [0, 0.05) is 19.6 Å². The number of anilines is 1. The summed E-state index contributed by atoms with van der Waals surface area (Å²) in [6.07, 6.45) is -3.51. The third-order valence-electron chi connectivity index (χ3n) is 4.48. The molecule has 0 saturated heterocycles. The molecule has 0 unspecified atom stereocenters. The lowest BCUT2D eigenvalue weighted by Crippen LogP contribution is -2.38. The van der Waals surface area contributed by atoms with Crippen molar-refractivity contribution in [3.05, 3.63) is 47.7 Å². The second-order valence-electron chi connectivity index (χ2n) is 6.58. The van der Waals surface area contributed by atoms with Crippen LogP contribution in [0.5, 0.6) is 0 Å². The first-order chi connectivity index (χ1) is 12.8. The molecule has 6 nitrogen and oxygen atoms in total. The van der Waals surface area contributed by atoms with Gasteiger partial charge in [-0.15, -0.1) is 0 Å². The van der Waals surface area contributed by atoms with Crippen molar-refractivity contribution in [1.82, 2.24) is 15.1 Å². The Balaban J connectivity index is 1.94. The first-order valence-corrected chi connectivity index (χ1v) is 8.56. The van der Waals surface area contributed by atoms with Crippen molar-refractivity contribution in [3.63, 3.8) is 0 Å². The molecule has 2 N–H and O–H groups in total. The Morgan fingerprint density at radius 1 is 1.41 bits per heavy atom. The van der Waals surface area contributed by atoms with E-state index in [1.807, 2.05) is 0 Å². The summed E-state index contributed by atoms with van der Waals surface area (Å²) in [5.41, 5.74) is 0.797. The zero-order valence-electron chi connectivity index (χ0n) is 15.0. The fraction of sp³-hybridized carbons (Fsp3) is 0.444. The van der Waals surface area contributed by atoms with E-state index in [4.69, 9.17) is 4.74 Å². The third-order valence-corrected chi connectivity index (χ3v) is 4.48. The molecule has 27 heavy (non-hydrogen) atoms. The predicted molar refractivity (Wildman–Crippen MR) is 93.5 cm³/mol. The van der Waals surface area contributed by atoms with E-state index >= 15 is 0 Å². The highest BCUT2D eigenvalue weighted by molar-refractivity contribution is 5.99. The topological polar surface area (TPSA) is 68.2 Å². The molecule has 3 atom stereocenters. The van der Waals surface area contributed by atoms with Crippen LogP contribution in [0.2, 0.25) is 0 Å². The smallest absolute Gasteiger partial charge is 0.383 e. The van der Waals surface area contributed by atoms with Gasteiger partial charge in [-0.1, -0.05) is 30.3 Å². The Labute approximate surface area is 154 Å². The molecular weight excluding hydrogens is 361 g/mol. The highest BCUT2D eigenvalue weighted by atomic mass is 19.4. The van der Waals surface area contributed by atoms with Crippen molar-refractivity contribution < 1.29 is 22.7 Å². The number of nitrogens with one attached hydrogen (secondary N) is 2. The van der Waals surface area contributed by atoms with Gasteiger partial charge in [-0.25, -0.2) is 4.68 Å². The van der Waals surface area contributed by atoms with Crippen molar-refractivity contribution in [2.24, 2.45) is 0 Å². The van der Waals surface area contributed by atoms with E-state index in [0.717, 1.165) is 10.2 Å². The summed E-state index contributed by atoms with van der Waals surface area (Å²) in [4.78, 5) is 12.5. The molecule has 0 bridgehead atoms.